The van der Waals surface area contributed by atoms with Gasteiger partial charge in [0.1, 0.15) is 23.0 Å². The standard InChI is InChI=1S/C52H74O4/c1-30-34(20-31-23-37(47(2,3)4)44(54)38(24-31)48(5,6)7)29-35(21-32-25-39(49(8,9)10)45(55)40(26-32)50(11,12)13)43(53)36(30)22-33-27-41(51(14,15)16)46(56)42(28-33)52(17,18)19/h23-29,53-56H,20-22H2,1-19H3. The van der Waals surface area contributed by atoms with Crippen molar-refractivity contribution in [2.24, 2.45) is 0 Å². The minimum Gasteiger partial charge on any atom is -0.507 e. The molecule has 0 atom stereocenters. The summed E-state index contributed by atoms with van der Waals surface area (Å²) in [5.74, 6) is 1.34. The van der Waals surface area contributed by atoms with Gasteiger partial charge in [-0.2, -0.15) is 0 Å². The van der Waals surface area contributed by atoms with Crippen LogP contribution < -0.4 is 0 Å². The fourth-order valence-corrected chi connectivity index (χ4v) is 7.95. The van der Waals surface area contributed by atoms with E-state index in [1.54, 1.807) is 0 Å². The molecule has 4 rings (SSSR count). The lowest BCUT2D eigenvalue weighted by Gasteiger charge is -2.29. The Morgan fingerprint density at radius 3 is 0.804 bits per heavy atom. The molecule has 0 spiro atoms. The first-order chi connectivity index (χ1) is 25.1. The van der Waals surface area contributed by atoms with E-state index in [4.69, 9.17) is 0 Å². The molecule has 0 unspecified atom stereocenters. The number of hydrogen-bond donors (Lipinski definition) is 4. The number of phenolic OH excluding ortho intramolecular Hbond substituents is 4. The summed E-state index contributed by atoms with van der Waals surface area (Å²) < 4.78 is 0. The van der Waals surface area contributed by atoms with Crippen LogP contribution in [-0.2, 0) is 51.8 Å². The Kier molecular flexibility index (Phi) is 11.8. The van der Waals surface area contributed by atoms with Gasteiger partial charge in [-0.15, -0.1) is 0 Å². The molecule has 0 aliphatic carbocycles. The Bertz CT molecular complexity index is 1890. The molecule has 0 aliphatic heterocycles. The van der Waals surface area contributed by atoms with E-state index in [-0.39, 0.29) is 38.2 Å². The summed E-state index contributed by atoms with van der Waals surface area (Å²) in [7, 11) is 0. The molecule has 306 valence electrons. The third-order valence-corrected chi connectivity index (χ3v) is 11.4. The van der Waals surface area contributed by atoms with Crippen molar-refractivity contribution in [2.45, 2.75) is 183 Å². The van der Waals surface area contributed by atoms with Gasteiger partial charge in [-0.1, -0.05) is 167 Å². The first-order valence-electron chi connectivity index (χ1n) is 20.6. The van der Waals surface area contributed by atoms with Gasteiger partial charge in [-0.25, -0.2) is 0 Å². The zero-order chi connectivity index (χ0) is 42.9. The normalized spacial score (nSPS) is 13.4. The van der Waals surface area contributed by atoms with Crippen LogP contribution in [0.5, 0.6) is 23.0 Å². The number of benzene rings is 4. The molecule has 0 radical (unpaired) electrons. The number of rotatable bonds is 6. The third-order valence-electron chi connectivity index (χ3n) is 11.4. The summed E-state index contributed by atoms with van der Waals surface area (Å²) in [5, 5.41) is 47.0. The lowest BCUT2D eigenvalue weighted by molar-refractivity contribution is 0.422. The predicted molar refractivity (Wildman–Crippen MR) is 238 cm³/mol. The van der Waals surface area contributed by atoms with Crippen molar-refractivity contribution >= 4 is 0 Å². The molecule has 0 bridgehead atoms. The zero-order valence-electron chi connectivity index (χ0n) is 38.5. The molecule has 4 N–H and O–H groups in total. The van der Waals surface area contributed by atoms with E-state index in [2.05, 4.69) is 174 Å². The van der Waals surface area contributed by atoms with Crippen molar-refractivity contribution in [2.75, 3.05) is 0 Å². The predicted octanol–water partition coefficient (Wildman–Crippen LogP) is 13.4. The van der Waals surface area contributed by atoms with Crippen molar-refractivity contribution in [1.29, 1.82) is 0 Å². The molecule has 0 aromatic heterocycles. The largest absolute Gasteiger partial charge is 0.507 e. The summed E-state index contributed by atoms with van der Waals surface area (Å²) in [6.07, 6.45) is 1.62. The topological polar surface area (TPSA) is 80.9 Å². The van der Waals surface area contributed by atoms with E-state index >= 15 is 0 Å². The van der Waals surface area contributed by atoms with Gasteiger partial charge in [-0.05, 0) is 113 Å². The van der Waals surface area contributed by atoms with E-state index in [1.807, 2.05) is 0 Å². The van der Waals surface area contributed by atoms with E-state index in [1.165, 1.54) is 0 Å². The van der Waals surface area contributed by atoms with Crippen molar-refractivity contribution in [3.63, 3.8) is 0 Å². The molecular formula is C52H74O4. The van der Waals surface area contributed by atoms with Crippen LogP contribution in [0, 0.1) is 6.92 Å². The maximum atomic E-state index is 12.4. The smallest absolute Gasteiger partial charge is 0.123 e. The summed E-state index contributed by atoms with van der Waals surface area (Å²) in [6, 6.07) is 14.9. The Morgan fingerprint density at radius 2 is 0.554 bits per heavy atom. The van der Waals surface area contributed by atoms with Crippen LogP contribution in [0.25, 0.3) is 0 Å². The van der Waals surface area contributed by atoms with Crippen LogP contribution in [0.3, 0.4) is 0 Å². The van der Waals surface area contributed by atoms with Crippen molar-refractivity contribution in [3.8, 4) is 23.0 Å². The SMILES string of the molecule is Cc1c(Cc2cc(C(C)(C)C)c(O)c(C(C)(C)C)c2)cc(Cc2cc(C(C)(C)C)c(O)c(C(C)(C)C)c2)c(O)c1Cc1cc(C(C)(C)C)c(O)c(C(C)(C)C)c1. The second-order valence-electron chi connectivity index (χ2n) is 22.8. The van der Waals surface area contributed by atoms with Crippen LogP contribution in [-0.4, -0.2) is 20.4 Å². The molecule has 4 aromatic rings. The zero-order valence-corrected chi connectivity index (χ0v) is 38.5. The van der Waals surface area contributed by atoms with Crippen LogP contribution in [0.2, 0.25) is 0 Å². The van der Waals surface area contributed by atoms with Gasteiger partial charge in [0, 0.05) is 18.4 Å². The molecule has 56 heavy (non-hydrogen) atoms. The van der Waals surface area contributed by atoms with E-state index in [9.17, 15) is 20.4 Å². The summed E-state index contributed by atoms with van der Waals surface area (Å²) >= 11 is 0. The average molecular weight is 763 g/mol. The number of hydrogen-bond acceptors (Lipinski definition) is 4. The molecule has 0 saturated carbocycles. The van der Waals surface area contributed by atoms with E-state index in [0.717, 1.165) is 72.3 Å². The van der Waals surface area contributed by atoms with Gasteiger partial charge in [-0.3, -0.25) is 0 Å². The third kappa shape index (κ3) is 9.60. The van der Waals surface area contributed by atoms with Gasteiger partial charge in [0.2, 0.25) is 0 Å². The average Bonchev–Trinajstić information content (AvgIpc) is 3.00. The van der Waals surface area contributed by atoms with Gasteiger partial charge in [0.25, 0.3) is 0 Å². The molecule has 0 heterocycles. The minimum absolute atomic E-state index is 0.261. The Balaban J connectivity index is 2.05. The first-order valence-corrected chi connectivity index (χ1v) is 20.6. The van der Waals surface area contributed by atoms with Crippen molar-refractivity contribution < 1.29 is 20.4 Å². The van der Waals surface area contributed by atoms with Gasteiger partial charge in [0.05, 0.1) is 0 Å². The van der Waals surface area contributed by atoms with Crippen LogP contribution in [0.4, 0.5) is 0 Å². The lowest BCUT2D eigenvalue weighted by atomic mass is 9.76. The van der Waals surface area contributed by atoms with Crippen LogP contribution in [0.15, 0.2) is 42.5 Å². The Hall–Kier alpha value is -3.92. The highest BCUT2D eigenvalue weighted by Gasteiger charge is 2.31. The molecule has 0 amide bonds. The maximum absolute atomic E-state index is 12.4. The second kappa shape index (κ2) is 14.8. The first kappa shape index (κ1) is 44.8. The molecule has 4 nitrogen and oxygen atoms in total. The molecular weight excluding hydrogens is 689 g/mol. The maximum Gasteiger partial charge on any atom is 0.123 e. The fraction of sp³-hybridized carbons (Fsp3) is 0.538. The molecule has 0 aliphatic rings. The molecule has 4 aromatic carbocycles. The van der Waals surface area contributed by atoms with Gasteiger partial charge >= 0.3 is 0 Å². The highest BCUT2D eigenvalue weighted by Crippen LogP contribution is 2.45. The van der Waals surface area contributed by atoms with Crippen LogP contribution in [0.1, 0.15) is 197 Å². The second-order valence-corrected chi connectivity index (χ2v) is 22.8. The Labute approximate surface area is 340 Å². The summed E-state index contributed by atoms with van der Waals surface area (Å²) in [6.45, 7) is 40.5. The van der Waals surface area contributed by atoms with Crippen LogP contribution >= 0.6 is 0 Å². The summed E-state index contributed by atoms with van der Waals surface area (Å²) in [5.41, 5.74) is 10.9. The number of aromatic hydroxyl groups is 4. The highest BCUT2D eigenvalue weighted by atomic mass is 16.3. The number of phenols is 4. The minimum atomic E-state index is -0.285. The monoisotopic (exact) mass is 763 g/mol. The molecule has 0 fully saturated rings. The molecule has 4 heteroatoms. The lowest BCUT2D eigenvalue weighted by Crippen LogP contribution is -2.18. The van der Waals surface area contributed by atoms with E-state index in [0.29, 0.717) is 36.5 Å². The fourth-order valence-electron chi connectivity index (χ4n) is 7.95. The van der Waals surface area contributed by atoms with Crippen molar-refractivity contribution in [1.82, 2.24) is 0 Å². The van der Waals surface area contributed by atoms with Gasteiger partial charge in [0.15, 0.2) is 0 Å². The summed E-state index contributed by atoms with van der Waals surface area (Å²) in [4.78, 5) is 0. The molecule has 0 saturated heterocycles. The Morgan fingerprint density at radius 1 is 0.321 bits per heavy atom. The van der Waals surface area contributed by atoms with Crippen molar-refractivity contribution in [3.05, 3.63) is 115 Å². The quantitative estimate of drug-likeness (QED) is 0.158. The van der Waals surface area contributed by atoms with Gasteiger partial charge < -0.3 is 20.4 Å². The van der Waals surface area contributed by atoms with E-state index < -0.39 is 0 Å². The highest BCUT2D eigenvalue weighted by molar-refractivity contribution is 5.58.